The number of aliphatic hydroxyl groups is 1. The second-order valence-corrected chi connectivity index (χ2v) is 8.62. The van der Waals surface area contributed by atoms with Crippen LogP contribution >= 0.6 is 11.3 Å². The average Bonchev–Trinajstić information content (AvgIpc) is 3.43. The largest absolute Gasteiger partial charge is 0.394 e. The summed E-state index contributed by atoms with van der Waals surface area (Å²) in [5.74, 6) is 6.98. The number of likely N-dealkylation sites (tertiary alicyclic amines) is 1. The molecule has 0 unspecified atom stereocenters. The number of benzene rings is 2. The fourth-order valence-electron chi connectivity index (χ4n) is 4.58. The predicted octanol–water partition coefficient (Wildman–Crippen LogP) is 3.89. The lowest BCUT2D eigenvalue weighted by atomic mass is 9.82. The smallest absolute Gasteiger partial charge is 0.107 e. The lowest BCUT2D eigenvalue weighted by Gasteiger charge is -2.39. The fourth-order valence-corrected chi connectivity index (χ4v) is 5.22. The predicted molar refractivity (Wildman–Crippen MR) is 117 cm³/mol. The number of nitrogens with one attached hydrogen (secondary N) is 1. The molecule has 2 N–H and O–H groups in total. The molecule has 3 atom stereocenters. The lowest BCUT2D eigenvalue weighted by molar-refractivity contribution is 0.172. The highest BCUT2D eigenvalue weighted by molar-refractivity contribution is 7.09. The molecule has 2 aromatic carbocycles. The van der Waals surface area contributed by atoms with Gasteiger partial charge in [0.25, 0.3) is 0 Å². The molecule has 1 fully saturated rings. The molecule has 29 heavy (non-hydrogen) atoms. The van der Waals surface area contributed by atoms with Gasteiger partial charge in [-0.25, -0.2) is 4.98 Å². The summed E-state index contributed by atoms with van der Waals surface area (Å²) in [4.78, 5) is 7.00. The van der Waals surface area contributed by atoms with E-state index in [9.17, 15) is 5.11 Å². The Labute approximate surface area is 175 Å². The molecular formula is C24H23N3OS. The van der Waals surface area contributed by atoms with E-state index in [2.05, 4.69) is 45.2 Å². The van der Waals surface area contributed by atoms with Gasteiger partial charge in [-0.15, -0.1) is 11.3 Å². The molecule has 2 aliphatic heterocycles. The maximum absolute atomic E-state index is 9.96. The third kappa shape index (κ3) is 3.67. The van der Waals surface area contributed by atoms with Gasteiger partial charge >= 0.3 is 0 Å². The molecule has 1 aromatic heterocycles. The second-order valence-electron chi connectivity index (χ2n) is 7.65. The van der Waals surface area contributed by atoms with Crippen LogP contribution in [0.1, 0.15) is 34.2 Å². The highest BCUT2D eigenvalue weighted by atomic mass is 32.1. The van der Waals surface area contributed by atoms with Crippen LogP contribution in [-0.2, 0) is 6.54 Å². The van der Waals surface area contributed by atoms with E-state index in [1.807, 2.05) is 41.9 Å². The topological polar surface area (TPSA) is 48.4 Å². The molecule has 0 radical (unpaired) electrons. The summed E-state index contributed by atoms with van der Waals surface area (Å²) in [5.41, 5.74) is 4.44. The summed E-state index contributed by atoms with van der Waals surface area (Å²) in [7, 11) is 0. The SMILES string of the molecule is OC[C@H]1Nc2ccc(C#Cc3ccccc3)cc2[C@@H]2[C@H]1CCN2Cc1nccs1. The Morgan fingerprint density at radius 2 is 2.00 bits per heavy atom. The zero-order chi connectivity index (χ0) is 19.6. The van der Waals surface area contributed by atoms with Crippen molar-refractivity contribution in [3.8, 4) is 11.8 Å². The standard InChI is InChI=1S/C24H23N3OS/c28-16-22-19-10-12-27(15-23-25-11-13-29-23)24(19)20-14-18(8-9-21(20)26-22)7-6-17-4-2-1-3-5-17/h1-5,8-9,11,13-14,19,22,24,26,28H,10,12,15-16H2/t19-,22+,24-/m0/s1. The van der Waals surface area contributed by atoms with E-state index in [0.717, 1.165) is 41.3 Å². The quantitative estimate of drug-likeness (QED) is 0.654. The van der Waals surface area contributed by atoms with Gasteiger partial charge in [-0.05, 0) is 48.9 Å². The molecule has 3 heterocycles. The van der Waals surface area contributed by atoms with Gasteiger partial charge in [0, 0.05) is 40.4 Å². The van der Waals surface area contributed by atoms with E-state index in [-0.39, 0.29) is 18.7 Å². The number of hydrogen-bond donors (Lipinski definition) is 2. The molecule has 146 valence electrons. The molecule has 4 nitrogen and oxygen atoms in total. The number of hydrogen-bond acceptors (Lipinski definition) is 5. The van der Waals surface area contributed by atoms with Crippen LogP contribution in [-0.4, -0.2) is 34.2 Å². The Hall–Kier alpha value is -2.65. The van der Waals surface area contributed by atoms with Crippen molar-refractivity contribution >= 4 is 17.0 Å². The molecular weight excluding hydrogens is 378 g/mol. The van der Waals surface area contributed by atoms with Crippen LogP contribution in [0.3, 0.4) is 0 Å². The molecule has 1 saturated heterocycles. The minimum absolute atomic E-state index is 0.0926. The highest BCUT2D eigenvalue weighted by Gasteiger charge is 2.43. The normalized spacial score (nSPS) is 22.9. The van der Waals surface area contributed by atoms with Crippen LogP contribution in [0.15, 0.2) is 60.1 Å². The van der Waals surface area contributed by atoms with Crippen molar-refractivity contribution in [2.75, 3.05) is 18.5 Å². The van der Waals surface area contributed by atoms with Crippen molar-refractivity contribution in [3.63, 3.8) is 0 Å². The molecule has 0 aliphatic carbocycles. The molecule has 2 aliphatic rings. The summed E-state index contributed by atoms with van der Waals surface area (Å²) in [6.45, 7) is 2.03. The van der Waals surface area contributed by atoms with E-state index in [0.29, 0.717) is 5.92 Å². The van der Waals surface area contributed by atoms with E-state index >= 15 is 0 Å². The van der Waals surface area contributed by atoms with Crippen LogP contribution in [0.4, 0.5) is 5.69 Å². The maximum Gasteiger partial charge on any atom is 0.107 e. The van der Waals surface area contributed by atoms with Gasteiger partial charge in [0.2, 0.25) is 0 Å². The average molecular weight is 402 g/mol. The Kier molecular flexibility index (Phi) is 5.07. The summed E-state index contributed by atoms with van der Waals surface area (Å²) in [5, 5.41) is 16.7. The number of fused-ring (bicyclic) bond motifs is 3. The highest BCUT2D eigenvalue weighted by Crippen LogP contribution is 2.47. The first-order valence-electron chi connectivity index (χ1n) is 10.0. The van der Waals surface area contributed by atoms with Gasteiger partial charge < -0.3 is 10.4 Å². The molecule has 3 aromatic rings. The molecule has 0 amide bonds. The third-order valence-electron chi connectivity index (χ3n) is 5.92. The van der Waals surface area contributed by atoms with E-state index in [1.54, 1.807) is 11.3 Å². The minimum Gasteiger partial charge on any atom is -0.394 e. The Morgan fingerprint density at radius 1 is 1.14 bits per heavy atom. The first-order chi connectivity index (χ1) is 14.3. The first-order valence-corrected chi connectivity index (χ1v) is 10.9. The fraction of sp³-hybridized carbons (Fsp3) is 0.292. The number of nitrogens with zero attached hydrogens (tertiary/aromatic N) is 2. The first kappa shape index (κ1) is 18.4. The molecule has 0 saturated carbocycles. The van der Waals surface area contributed by atoms with Crippen LogP contribution in [0.25, 0.3) is 0 Å². The molecule has 0 bridgehead atoms. The van der Waals surface area contributed by atoms with E-state index < -0.39 is 0 Å². The summed E-state index contributed by atoms with van der Waals surface area (Å²) in [6.07, 6.45) is 2.95. The van der Waals surface area contributed by atoms with Crippen molar-refractivity contribution < 1.29 is 5.11 Å². The zero-order valence-corrected chi connectivity index (χ0v) is 16.9. The van der Waals surface area contributed by atoms with Crippen LogP contribution < -0.4 is 5.32 Å². The third-order valence-corrected chi connectivity index (χ3v) is 6.68. The molecule has 5 heteroatoms. The van der Waals surface area contributed by atoms with Crippen molar-refractivity contribution in [1.82, 2.24) is 9.88 Å². The number of thiazole rings is 1. The summed E-state index contributed by atoms with van der Waals surface area (Å²) < 4.78 is 0. The number of rotatable bonds is 3. The van der Waals surface area contributed by atoms with Crippen molar-refractivity contribution in [2.45, 2.75) is 25.0 Å². The van der Waals surface area contributed by atoms with E-state index in [4.69, 9.17) is 0 Å². The van der Waals surface area contributed by atoms with Crippen molar-refractivity contribution in [1.29, 1.82) is 0 Å². The minimum atomic E-state index is 0.0926. The van der Waals surface area contributed by atoms with Gasteiger partial charge in [0.05, 0.1) is 19.2 Å². The summed E-state index contributed by atoms with van der Waals surface area (Å²) >= 11 is 1.71. The Bertz CT molecular complexity index is 1040. The van der Waals surface area contributed by atoms with Gasteiger partial charge in [0.15, 0.2) is 0 Å². The number of aromatic nitrogens is 1. The van der Waals surface area contributed by atoms with E-state index in [1.165, 1.54) is 5.56 Å². The van der Waals surface area contributed by atoms with Crippen LogP contribution in [0, 0.1) is 17.8 Å². The molecule has 0 spiro atoms. The number of aliphatic hydroxyl groups excluding tert-OH is 1. The van der Waals surface area contributed by atoms with Crippen molar-refractivity contribution in [2.24, 2.45) is 5.92 Å². The van der Waals surface area contributed by atoms with Gasteiger partial charge in [-0.3, -0.25) is 4.90 Å². The van der Waals surface area contributed by atoms with Crippen LogP contribution in [0.2, 0.25) is 0 Å². The Balaban J connectivity index is 1.49. The van der Waals surface area contributed by atoms with Crippen molar-refractivity contribution in [3.05, 3.63) is 81.8 Å². The number of anilines is 1. The monoisotopic (exact) mass is 401 g/mol. The van der Waals surface area contributed by atoms with Gasteiger partial charge in [-0.2, -0.15) is 0 Å². The second kappa shape index (κ2) is 8.00. The molecule has 5 rings (SSSR count). The van der Waals surface area contributed by atoms with Crippen LogP contribution in [0.5, 0.6) is 0 Å². The summed E-state index contributed by atoms with van der Waals surface area (Å²) in [6, 6.07) is 16.9. The van der Waals surface area contributed by atoms with Gasteiger partial charge in [0.1, 0.15) is 5.01 Å². The lowest BCUT2D eigenvalue weighted by Crippen LogP contribution is -2.41. The zero-order valence-electron chi connectivity index (χ0n) is 16.1. The van der Waals surface area contributed by atoms with Gasteiger partial charge in [-0.1, -0.05) is 30.0 Å². The maximum atomic E-state index is 9.96. The Morgan fingerprint density at radius 3 is 2.79 bits per heavy atom.